The highest BCUT2D eigenvalue weighted by atomic mass is 79.9. The van der Waals surface area contributed by atoms with Crippen molar-refractivity contribution in [1.29, 1.82) is 0 Å². The van der Waals surface area contributed by atoms with Crippen LogP contribution in [-0.2, 0) is 18.5 Å². The van der Waals surface area contributed by atoms with Gasteiger partial charge in [0.25, 0.3) is 0 Å². The van der Waals surface area contributed by atoms with E-state index in [0.29, 0.717) is 27.7 Å². The molecule has 1 heterocycles. The van der Waals surface area contributed by atoms with Crippen LogP contribution < -0.4 is 4.74 Å². The van der Waals surface area contributed by atoms with Crippen LogP contribution in [0.3, 0.4) is 0 Å². The van der Waals surface area contributed by atoms with Gasteiger partial charge in [-0.05, 0) is 19.1 Å². The molecular formula is C12H12BrCl2N3O. The molecule has 0 spiro atoms. The Hall–Kier alpha value is -0.780. The SMILES string of the molecule is CCn1ncnc1COc1c(Cl)cc(Cl)cc1CBr. The number of benzene rings is 1. The Labute approximate surface area is 129 Å². The van der Waals surface area contributed by atoms with E-state index in [4.69, 9.17) is 27.9 Å². The van der Waals surface area contributed by atoms with E-state index in [-0.39, 0.29) is 0 Å². The van der Waals surface area contributed by atoms with Gasteiger partial charge in [0.2, 0.25) is 0 Å². The van der Waals surface area contributed by atoms with Crippen LogP contribution in [0.25, 0.3) is 0 Å². The van der Waals surface area contributed by atoms with Crippen molar-refractivity contribution in [3.05, 3.63) is 39.9 Å². The molecule has 0 N–H and O–H groups in total. The van der Waals surface area contributed by atoms with Crippen LogP contribution in [0.1, 0.15) is 18.3 Å². The molecular weight excluding hydrogens is 353 g/mol. The predicted octanol–water partition coefficient (Wildman–Crippen LogP) is 4.08. The van der Waals surface area contributed by atoms with Gasteiger partial charge in [-0.25, -0.2) is 9.67 Å². The summed E-state index contributed by atoms with van der Waals surface area (Å²) in [5.74, 6) is 1.38. The molecule has 0 fully saturated rings. The van der Waals surface area contributed by atoms with Gasteiger partial charge >= 0.3 is 0 Å². The Balaban J connectivity index is 2.20. The molecule has 1 aromatic heterocycles. The normalized spacial score (nSPS) is 10.7. The van der Waals surface area contributed by atoms with Crippen LogP contribution in [-0.4, -0.2) is 14.8 Å². The zero-order valence-electron chi connectivity index (χ0n) is 10.2. The Kier molecular flexibility index (Phi) is 5.07. The van der Waals surface area contributed by atoms with Gasteiger partial charge in [0, 0.05) is 22.5 Å². The summed E-state index contributed by atoms with van der Waals surface area (Å²) in [6.07, 6.45) is 1.51. The second-order valence-electron chi connectivity index (χ2n) is 3.79. The van der Waals surface area contributed by atoms with Crippen molar-refractivity contribution in [2.24, 2.45) is 0 Å². The Morgan fingerprint density at radius 3 is 2.84 bits per heavy atom. The number of aromatic nitrogens is 3. The third-order valence-corrected chi connectivity index (χ3v) is 3.67. The number of ether oxygens (including phenoxy) is 1. The first-order chi connectivity index (χ1) is 9.15. The molecule has 0 bridgehead atoms. The van der Waals surface area contributed by atoms with E-state index in [9.17, 15) is 0 Å². The second kappa shape index (κ2) is 6.59. The van der Waals surface area contributed by atoms with Crippen molar-refractivity contribution in [2.75, 3.05) is 0 Å². The highest BCUT2D eigenvalue weighted by Gasteiger charge is 2.12. The molecule has 2 aromatic rings. The van der Waals surface area contributed by atoms with E-state index < -0.39 is 0 Å². The molecule has 0 saturated heterocycles. The van der Waals surface area contributed by atoms with Crippen molar-refractivity contribution in [3.63, 3.8) is 0 Å². The lowest BCUT2D eigenvalue weighted by Gasteiger charge is -2.12. The fraction of sp³-hybridized carbons (Fsp3) is 0.333. The van der Waals surface area contributed by atoms with Gasteiger partial charge in [0.1, 0.15) is 18.7 Å². The van der Waals surface area contributed by atoms with Gasteiger partial charge in [-0.2, -0.15) is 5.10 Å². The molecule has 0 saturated carbocycles. The zero-order valence-corrected chi connectivity index (χ0v) is 13.3. The third kappa shape index (κ3) is 3.41. The molecule has 7 heteroatoms. The number of rotatable bonds is 5. The standard InChI is InChI=1S/C12H12BrCl2N3O/c1-2-18-11(16-7-17-18)6-19-12-8(5-13)3-9(14)4-10(12)15/h3-4,7H,2,5-6H2,1H3. The lowest BCUT2D eigenvalue weighted by atomic mass is 10.2. The average Bonchev–Trinajstić information content (AvgIpc) is 2.84. The van der Waals surface area contributed by atoms with Crippen molar-refractivity contribution in [2.45, 2.75) is 25.4 Å². The van der Waals surface area contributed by atoms with Crippen molar-refractivity contribution in [1.82, 2.24) is 14.8 Å². The van der Waals surface area contributed by atoms with E-state index in [2.05, 4.69) is 26.0 Å². The molecule has 0 amide bonds. The molecule has 1 aromatic carbocycles. The summed E-state index contributed by atoms with van der Waals surface area (Å²) in [7, 11) is 0. The monoisotopic (exact) mass is 363 g/mol. The molecule has 102 valence electrons. The number of alkyl halides is 1. The topological polar surface area (TPSA) is 39.9 Å². The summed E-state index contributed by atoms with van der Waals surface area (Å²) in [5.41, 5.74) is 0.903. The third-order valence-electron chi connectivity index (χ3n) is 2.57. The first kappa shape index (κ1) is 14.6. The van der Waals surface area contributed by atoms with E-state index in [1.54, 1.807) is 10.7 Å². The quantitative estimate of drug-likeness (QED) is 0.750. The smallest absolute Gasteiger partial charge is 0.164 e. The van der Waals surface area contributed by atoms with Crippen molar-refractivity contribution in [3.8, 4) is 5.75 Å². The van der Waals surface area contributed by atoms with E-state index in [0.717, 1.165) is 17.9 Å². The Bertz CT molecular complexity index is 574. The minimum absolute atomic E-state index is 0.315. The summed E-state index contributed by atoms with van der Waals surface area (Å²) < 4.78 is 7.53. The lowest BCUT2D eigenvalue weighted by Crippen LogP contribution is -2.08. The number of halogens is 3. The summed E-state index contributed by atoms with van der Waals surface area (Å²) in [5, 5.41) is 5.78. The second-order valence-corrected chi connectivity index (χ2v) is 5.19. The fourth-order valence-electron chi connectivity index (χ4n) is 1.68. The lowest BCUT2D eigenvalue weighted by molar-refractivity contribution is 0.285. The van der Waals surface area contributed by atoms with Crippen LogP contribution in [0.2, 0.25) is 10.0 Å². The molecule has 0 aliphatic heterocycles. The number of hydrogen-bond donors (Lipinski definition) is 0. The van der Waals surface area contributed by atoms with Gasteiger partial charge in [-0.1, -0.05) is 39.1 Å². The maximum absolute atomic E-state index is 6.15. The molecule has 0 radical (unpaired) electrons. The summed E-state index contributed by atoms with van der Waals surface area (Å²) in [6, 6.07) is 3.48. The number of aryl methyl sites for hydroxylation is 1. The van der Waals surface area contributed by atoms with Crippen LogP contribution in [0.4, 0.5) is 0 Å². The van der Waals surface area contributed by atoms with Crippen LogP contribution in [0.15, 0.2) is 18.5 Å². The summed E-state index contributed by atoms with van der Waals surface area (Å²) >= 11 is 15.5. The average molecular weight is 365 g/mol. The molecule has 0 atom stereocenters. The molecule has 0 unspecified atom stereocenters. The van der Waals surface area contributed by atoms with Gasteiger partial charge in [0.05, 0.1) is 5.02 Å². The van der Waals surface area contributed by atoms with Crippen molar-refractivity contribution < 1.29 is 4.74 Å². The highest BCUT2D eigenvalue weighted by molar-refractivity contribution is 9.08. The first-order valence-electron chi connectivity index (χ1n) is 5.69. The fourth-order valence-corrected chi connectivity index (χ4v) is 2.68. The maximum atomic E-state index is 6.15. The van der Waals surface area contributed by atoms with Gasteiger partial charge in [-0.3, -0.25) is 0 Å². The van der Waals surface area contributed by atoms with E-state index >= 15 is 0 Å². The minimum atomic E-state index is 0.315. The zero-order chi connectivity index (χ0) is 13.8. The highest BCUT2D eigenvalue weighted by Crippen LogP contribution is 2.34. The summed E-state index contributed by atoms with van der Waals surface area (Å²) in [6.45, 7) is 3.06. The minimum Gasteiger partial charge on any atom is -0.484 e. The van der Waals surface area contributed by atoms with Gasteiger partial charge in [0.15, 0.2) is 5.82 Å². The largest absolute Gasteiger partial charge is 0.484 e. The molecule has 0 aliphatic carbocycles. The summed E-state index contributed by atoms with van der Waals surface area (Å²) in [4.78, 5) is 4.15. The van der Waals surface area contributed by atoms with Crippen molar-refractivity contribution >= 4 is 39.1 Å². The van der Waals surface area contributed by atoms with Crippen LogP contribution in [0, 0.1) is 0 Å². The molecule has 2 rings (SSSR count). The Morgan fingerprint density at radius 1 is 1.37 bits per heavy atom. The van der Waals surface area contributed by atoms with E-state index in [1.165, 1.54) is 6.33 Å². The predicted molar refractivity (Wildman–Crippen MR) is 79.1 cm³/mol. The van der Waals surface area contributed by atoms with Crippen LogP contribution >= 0.6 is 39.1 Å². The maximum Gasteiger partial charge on any atom is 0.164 e. The number of hydrogen-bond acceptors (Lipinski definition) is 3. The molecule has 4 nitrogen and oxygen atoms in total. The Morgan fingerprint density at radius 2 is 2.16 bits per heavy atom. The molecule has 0 aliphatic rings. The number of nitrogens with zero attached hydrogens (tertiary/aromatic N) is 3. The van der Waals surface area contributed by atoms with Gasteiger partial charge in [-0.15, -0.1) is 0 Å². The van der Waals surface area contributed by atoms with Crippen LogP contribution in [0.5, 0.6) is 5.75 Å². The molecule has 19 heavy (non-hydrogen) atoms. The van der Waals surface area contributed by atoms with E-state index in [1.807, 2.05) is 13.0 Å². The first-order valence-corrected chi connectivity index (χ1v) is 7.56. The van der Waals surface area contributed by atoms with Gasteiger partial charge < -0.3 is 4.74 Å².